The number of aryl methyl sites for hydroxylation is 1. The summed E-state index contributed by atoms with van der Waals surface area (Å²) in [5, 5.41) is 3.60. The van der Waals surface area contributed by atoms with Crippen molar-refractivity contribution in [2.75, 3.05) is 0 Å². The summed E-state index contributed by atoms with van der Waals surface area (Å²) in [6.07, 6.45) is 1.90. The zero-order valence-electron chi connectivity index (χ0n) is 13.4. The summed E-state index contributed by atoms with van der Waals surface area (Å²) in [4.78, 5) is 12.6. The summed E-state index contributed by atoms with van der Waals surface area (Å²) in [6, 6.07) is 12.8. The van der Waals surface area contributed by atoms with E-state index in [1.807, 2.05) is 29.9 Å². The highest BCUT2D eigenvalue weighted by Crippen LogP contribution is 2.31. The number of carbonyl (C=O) groups excluding carboxylic acids is 1. The second-order valence-corrected chi connectivity index (χ2v) is 6.43. The number of nitrogens with zero attached hydrogens (tertiary/aromatic N) is 1. The molecule has 0 spiro atoms. The molecule has 0 aliphatic rings. The molecule has 6 heteroatoms. The predicted molar refractivity (Wildman–Crippen MR) is 98.4 cm³/mol. The van der Waals surface area contributed by atoms with E-state index < -0.39 is 5.82 Å². The van der Waals surface area contributed by atoms with E-state index in [-0.39, 0.29) is 5.91 Å². The molecule has 0 aliphatic heterocycles. The number of hydrogen-bond donors (Lipinski definition) is 1. The van der Waals surface area contributed by atoms with Crippen LogP contribution >= 0.6 is 23.2 Å². The first kappa shape index (κ1) is 17.5. The van der Waals surface area contributed by atoms with Gasteiger partial charge in [0.05, 0.1) is 16.6 Å². The number of rotatable bonds is 4. The van der Waals surface area contributed by atoms with Crippen molar-refractivity contribution in [3.8, 4) is 11.1 Å². The Kier molecular flexibility index (Phi) is 5.11. The molecule has 3 rings (SSSR count). The topological polar surface area (TPSA) is 34.0 Å². The van der Waals surface area contributed by atoms with Crippen molar-refractivity contribution >= 4 is 29.1 Å². The van der Waals surface area contributed by atoms with Crippen LogP contribution in [0.1, 0.15) is 16.1 Å². The van der Waals surface area contributed by atoms with Gasteiger partial charge in [0.1, 0.15) is 5.82 Å². The zero-order valence-corrected chi connectivity index (χ0v) is 14.9. The van der Waals surface area contributed by atoms with E-state index >= 15 is 0 Å². The van der Waals surface area contributed by atoms with Crippen LogP contribution in [-0.4, -0.2) is 10.5 Å². The van der Waals surface area contributed by atoms with Gasteiger partial charge in [-0.3, -0.25) is 4.79 Å². The van der Waals surface area contributed by atoms with E-state index in [9.17, 15) is 9.18 Å². The number of amides is 1. The van der Waals surface area contributed by atoms with Gasteiger partial charge in [-0.05, 0) is 53.6 Å². The molecule has 0 saturated heterocycles. The van der Waals surface area contributed by atoms with Gasteiger partial charge in [-0.25, -0.2) is 4.39 Å². The lowest BCUT2D eigenvalue weighted by Gasteiger charge is -2.12. The molecule has 3 aromatic rings. The molecule has 0 aliphatic carbocycles. The van der Waals surface area contributed by atoms with Crippen LogP contribution in [0.4, 0.5) is 4.39 Å². The minimum Gasteiger partial charge on any atom is -0.353 e. The maximum Gasteiger partial charge on any atom is 0.252 e. The zero-order chi connectivity index (χ0) is 18.0. The van der Waals surface area contributed by atoms with Crippen LogP contribution in [0.2, 0.25) is 10.0 Å². The minimum absolute atomic E-state index is 0.290. The van der Waals surface area contributed by atoms with Crippen LogP contribution in [0.5, 0.6) is 0 Å². The number of aromatic nitrogens is 1. The number of hydrogen-bond acceptors (Lipinski definition) is 1. The molecule has 1 amide bonds. The highest BCUT2D eigenvalue weighted by Gasteiger charge is 2.15. The largest absolute Gasteiger partial charge is 0.353 e. The first-order chi connectivity index (χ1) is 12.0. The normalized spacial score (nSPS) is 10.7. The van der Waals surface area contributed by atoms with Gasteiger partial charge in [0, 0.05) is 24.5 Å². The van der Waals surface area contributed by atoms with Crippen molar-refractivity contribution in [3.05, 3.63) is 81.8 Å². The van der Waals surface area contributed by atoms with Gasteiger partial charge < -0.3 is 9.88 Å². The van der Waals surface area contributed by atoms with E-state index in [1.165, 1.54) is 18.2 Å². The maximum atomic E-state index is 13.7. The molecular formula is C19H15Cl2FN2O. The lowest BCUT2D eigenvalue weighted by molar-refractivity contribution is 0.0951. The predicted octanol–water partition coefficient (Wildman–Crippen LogP) is 5.07. The summed E-state index contributed by atoms with van der Waals surface area (Å²) in [7, 11) is 1.90. The lowest BCUT2D eigenvalue weighted by atomic mass is 9.99. The molecule has 0 unspecified atom stereocenters. The van der Waals surface area contributed by atoms with E-state index in [0.717, 1.165) is 5.69 Å². The molecular weight excluding hydrogens is 362 g/mol. The monoisotopic (exact) mass is 376 g/mol. The smallest absolute Gasteiger partial charge is 0.252 e. The Morgan fingerprint density at radius 2 is 1.92 bits per heavy atom. The minimum atomic E-state index is -0.431. The number of carbonyl (C=O) groups is 1. The third-order valence-corrected chi connectivity index (χ3v) is 4.68. The average molecular weight is 377 g/mol. The summed E-state index contributed by atoms with van der Waals surface area (Å²) in [5.74, 6) is -0.720. The molecule has 0 bridgehead atoms. The molecule has 0 radical (unpaired) electrons. The van der Waals surface area contributed by atoms with Gasteiger partial charge in [-0.2, -0.15) is 0 Å². The molecule has 0 atom stereocenters. The fraction of sp³-hybridized carbons (Fsp3) is 0.105. The van der Waals surface area contributed by atoms with Crippen molar-refractivity contribution in [2.24, 2.45) is 7.05 Å². The molecule has 2 aromatic carbocycles. The first-order valence-corrected chi connectivity index (χ1v) is 8.34. The van der Waals surface area contributed by atoms with E-state index in [0.29, 0.717) is 33.3 Å². The Labute approximate surface area is 155 Å². The number of nitrogens with one attached hydrogen (secondary N) is 1. The second kappa shape index (κ2) is 7.30. The Bertz CT molecular complexity index is 937. The van der Waals surface area contributed by atoms with E-state index in [4.69, 9.17) is 23.2 Å². The van der Waals surface area contributed by atoms with Crippen molar-refractivity contribution in [2.45, 2.75) is 6.54 Å². The molecule has 1 N–H and O–H groups in total. The highest BCUT2D eigenvalue weighted by molar-refractivity contribution is 6.42. The third kappa shape index (κ3) is 3.86. The van der Waals surface area contributed by atoms with Crippen LogP contribution in [0.3, 0.4) is 0 Å². The molecule has 128 valence electrons. The summed E-state index contributed by atoms with van der Waals surface area (Å²) in [6.45, 7) is 0.376. The first-order valence-electron chi connectivity index (χ1n) is 7.59. The Hall–Kier alpha value is -2.30. The van der Waals surface area contributed by atoms with Gasteiger partial charge in [-0.1, -0.05) is 29.3 Å². The fourth-order valence-corrected chi connectivity index (χ4v) is 2.86. The maximum absolute atomic E-state index is 13.7. The van der Waals surface area contributed by atoms with Gasteiger partial charge >= 0.3 is 0 Å². The van der Waals surface area contributed by atoms with Crippen LogP contribution in [0.15, 0.2) is 54.7 Å². The van der Waals surface area contributed by atoms with E-state index in [1.54, 1.807) is 18.2 Å². The molecule has 25 heavy (non-hydrogen) atoms. The summed E-state index contributed by atoms with van der Waals surface area (Å²) < 4.78 is 15.7. The van der Waals surface area contributed by atoms with Crippen molar-refractivity contribution in [1.29, 1.82) is 0 Å². The molecule has 1 aromatic heterocycles. The molecule has 0 fully saturated rings. The van der Waals surface area contributed by atoms with Crippen LogP contribution in [0, 0.1) is 5.82 Å². The number of halogens is 3. The fourth-order valence-electron chi connectivity index (χ4n) is 2.56. The average Bonchev–Trinajstić information content (AvgIpc) is 3.00. The Morgan fingerprint density at radius 1 is 1.12 bits per heavy atom. The molecule has 0 saturated carbocycles. The summed E-state index contributed by atoms with van der Waals surface area (Å²) in [5.41, 5.74) is 2.42. The van der Waals surface area contributed by atoms with Crippen LogP contribution in [-0.2, 0) is 13.6 Å². The van der Waals surface area contributed by atoms with Crippen molar-refractivity contribution in [3.63, 3.8) is 0 Å². The summed E-state index contributed by atoms with van der Waals surface area (Å²) >= 11 is 12.0. The molecule has 1 heterocycles. The third-order valence-electron chi connectivity index (χ3n) is 3.94. The van der Waals surface area contributed by atoms with Crippen LogP contribution in [0.25, 0.3) is 11.1 Å². The SMILES string of the molecule is Cn1cccc1CNC(=O)c1ccc(F)cc1-c1ccc(Cl)c(Cl)c1. The van der Waals surface area contributed by atoms with Gasteiger partial charge in [0.15, 0.2) is 0 Å². The van der Waals surface area contributed by atoms with Gasteiger partial charge in [0.2, 0.25) is 0 Å². The highest BCUT2D eigenvalue weighted by atomic mass is 35.5. The van der Waals surface area contributed by atoms with Crippen molar-refractivity contribution < 1.29 is 9.18 Å². The quantitative estimate of drug-likeness (QED) is 0.677. The van der Waals surface area contributed by atoms with Gasteiger partial charge in [-0.15, -0.1) is 0 Å². The Balaban J connectivity index is 1.91. The Morgan fingerprint density at radius 3 is 2.60 bits per heavy atom. The van der Waals surface area contributed by atoms with E-state index in [2.05, 4.69) is 5.32 Å². The standard InChI is InChI=1S/C19H15Cl2FN2O/c1-24-8-2-3-14(24)11-23-19(25)15-6-5-13(22)10-16(15)12-4-7-17(20)18(21)9-12/h2-10H,11H2,1H3,(H,23,25). The van der Waals surface area contributed by atoms with Crippen molar-refractivity contribution in [1.82, 2.24) is 9.88 Å². The second-order valence-electron chi connectivity index (χ2n) is 5.61. The van der Waals surface area contributed by atoms with Crippen LogP contribution < -0.4 is 5.32 Å². The molecule has 3 nitrogen and oxygen atoms in total. The lowest BCUT2D eigenvalue weighted by Crippen LogP contribution is -2.24. The number of benzene rings is 2. The van der Waals surface area contributed by atoms with Gasteiger partial charge in [0.25, 0.3) is 5.91 Å².